The van der Waals surface area contributed by atoms with Gasteiger partial charge in [-0.1, -0.05) is 12.8 Å². The molecule has 1 heterocycles. The van der Waals surface area contributed by atoms with E-state index in [9.17, 15) is 18.3 Å². The summed E-state index contributed by atoms with van der Waals surface area (Å²) in [6.45, 7) is 0. The van der Waals surface area contributed by atoms with Gasteiger partial charge in [0.1, 0.15) is 4.90 Å². The summed E-state index contributed by atoms with van der Waals surface area (Å²) in [6, 6.07) is 0.965. The van der Waals surface area contributed by atoms with Gasteiger partial charge in [0.15, 0.2) is 0 Å². The van der Waals surface area contributed by atoms with E-state index in [-0.39, 0.29) is 4.90 Å². The molecule has 1 aromatic rings. The Kier molecular flexibility index (Phi) is 5.28. The van der Waals surface area contributed by atoms with Gasteiger partial charge in [0, 0.05) is 6.04 Å². The van der Waals surface area contributed by atoms with E-state index in [0.717, 1.165) is 12.8 Å². The van der Waals surface area contributed by atoms with Gasteiger partial charge in [0.25, 0.3) is 0 Å². The normalized spacial score (nSPS) is 23.7. The summed E-state index contributed by atoms with van der Waals surface area (Å²) in [7, 11) is -3.72. The molecule has 1 aliphatic rings. The van der Waals surface area contributed by atoms with Crippen molar-refractivity contribution in [1.29, 1.82) is 0 Å². The van der Waals surface area contributed by atoms with Gasteiger partial charge in [0.2, 0.25) is 10.0 Å². The molecule has 0 saturated heterocycles. The van der Waals surface area contributed by atoms with Crippen LogP contribution in [0.5, 0.6) is 0 Å². The smallest absolute Gasteiger partial charge is 0.308 e. The van der Waals surface area contributed by atoms with Crippen molar-refractivity contribution in [1.82, 2.24) is 4.72 Å². The number of aliphatic carboxylic acids is 1. The summed E-state index contributed by atoms with van der Waals surface area (Å²) in [5.74, 6) is -1.60. The van der Waals surface area contributed by atoms with Crippen LogP contribution < -0.4 is 4.72 Å². The lowest BCUT2D eigenvalue weighted by Crippen LogP contribution is -2.44. The first kappa shape index (κ1) is 16.4. The third kappa shape index (κ3) is 3.62. The Morgan fingerprint density at radius 1 is 1.35 bits per heavy atom. The zero-order valence-corrected chi connectivity index (χ0v) is 15.1. The monoisotopic (exact) mass is 445 g/mol. The quantitative estimate of drug-likeness (QED) is 0.743. The highest BCUT2D eigenvalue weighted by atomic mass is 79.9. The highest BCUT2D eigenvalue weighted by molar-refractivity contribution is 9.12. The number of carbonyl (C=O) groups is 1. The van der Waals surface area contributed by atoms with Crippen molar-refractivity contribution in [3.05, 3.63) is 13.6 Å². The molecule has 1 aromatic heterocycles. The van der Waals surface area contributed by atoms with Crippen molar-refractivity contribution >= 4 is 59.2 Å². The zero-order valence-electron chi connectivity index (χ0n) is 10.3. The lowest BCUT2D eigenvalue weighted by molar-refractivity contribution is -0.143. The molecule has 0 spiro atoms. The summed E-state index contributed by atoms with van der Waals surface area (Å²) >= 11 is 7.72. The van der Waals surface area contributed by atoms with Crippen LogP contribution in [-0.4, -0.2) is 25.5 Å². The van der Waals surface area contributed by atoms with Crippen LogP contribution in [0, 0.1) is 5.92 Å². The third-order valence-electron chi connectivity index (χ3n) is 3.30. The van der Waals surface area contributed by atoms with E-state index in [1.807, 2.05) is 0 Å². The minimum Gasteiger partial charge on any atom is -0.481 e. The number of halogens is 2. The Balaban J connectivity index is 2.23. The number of carboxylic acids is 1. The molecule has 1 fully saturated rings. The minimum atomic E-state index is -3.72. The van der Waals surface area contributed by atoms with Crippen molar-refractivity contribution in [3.8, 4) is 0 Å². The number of hydrogen-bond acceptors (Lipinski definition) is 4. The van der Waals surface area contributed by atoms with Gasteiger partial charge in [0.05, 0.1) is 13.5 Å². The van der Waals surface area contributed by atoms with E-state index in [0.29, 0.717) is 20.4 Å². The van der Waals surface area contributed by atoms with E-state index >= 15 is 0 Å². The number of rotatable bonds is 4. The van der Waals surface area contributed by atoms with Crippen molar-refractivity contribution < 1.29 is 18.3 Å². The zero-order chi connectivity index (χ0) is 14.9. The first-order valence-electron chi connectivity index (χ1n) is 6.01. The van der Waals surface area contributed by atoms with Crippen LogP contribution in [0.3, 0.4) is 0 Å². The Morgan fingerprint density at radius 2 is 2.00 bits per heavy atom. The molecule has 112 valence electrons. The molecule has 1 saturated carbocycles. The van der Waals surface area contributed by atoms with E-state index in [4.69, 9.17) is 0 Å². The molecular formula is C11H13Br2NO4S2. The molecular weight excluding hydrogens is 434 g/mol. The van der Waals surface area contributed by atoms with E-state index in [1.54, 1.807) is 0 Å². The van der Waals surface area contributed by atoms with Gasteiger partial charge in [-0.25, -0.2) is 13.1 Å². The Hall–Kier alpha value is 0.0400. The summed E-state index contributed by atoms with van der Waals surface area (Å²) < 4.78 is 28.5. The van der Waals surface area contributed by atoms with E-state index in [1.165, 1.54) is 17.4 Å². The molecule has 20 heavy (non-hydrogen) atoms. The largest absolute Gasteiger partial charge is 0.481 e. The predicted octanol–water partition coefficient (Wildman–Crippen LogP) is 3.19. The standard InChI is InChI=1S/C11H13Br2NO4S2/c12-9-5-8(10(13)19-9)20(17,18)14-7-4-2-1-3-6(7)11(15)16/h5-7,14H,1-4H2,(H,15,16). The molecule has 2 rings (SSSR count). The van der Waals surface area contributed by atoms with Gasteiger partial charge in [-0.05, 0) is 50.8 Å². The molecule has 0 aromatic carbocycles. The summed E-state index contributed by atoms with van der Waals surface area (Å²) in [4.78, 5) is 11.4. The number of thiophene rings is 1. The molecule has 5 nitrogen and oxygen atoms in total. The van der Waals surface area contributed by atoms with Crippen LogP contribution in [0.2, 0.25) is 0 Å². The van der Waals surface area contributed by atoms with Gasteiger partial charge >= 0.3 is 5.97 Å². The molecule has 0 amide bonds. The van der Waals surface area contributed by atoms with Gasteiger partial charge in [-0.3, -0.25) is 4.79 Å². The predicted molar refractivity (Wildman–Crippen MR) is 83.4 cm³/mol. The second-order valence-corrected chi connectivity index (χ2v) is 10.1. The molecule has 9 heteroatoms. The van der Waals surface area contributed by atoms with Crippen molar-refractivity contribution in [2.45, 2.75) is 36.6 Å². The minimum absolute atomic E-state index is 0.143. The molecule has 0 radical (unpaired) electrons. The van der Waals surface area contributed by atoms with Crippen LogP contribution in [0.25, 0.3) is 0 Å². The second-order valence-electron chi connectivity index (χ2n) is 4.65. The lowest BCUT2D eigenvalue weighted by atomic mass is 9.85. The molecule has 2 atom stereocenters. The number of sulfonamides is 1. The number of carboxylic acid groups (broad SMARTS) is 1. The molecule has 0 bridgehead atoms. The fourth-order valence-electron chi connectivity index (χ4n) is 2.34. The first-order chi connectivity index (χ1) is 9.31. The van der Waals surface area contributed by atoms with E-state index < -0.39 is 28.0 Å². The van der Waals surface area contributed by atoms with Crippen LogP contribution in [0.4, 0.5) is 0 Å². The Labute approximate surface area is 138 Å². The van der Waals surface area contributed by atoms with E-state index in [2.05, 4.69) is 36.6 Å². The summed E-state index contributed by atoms with van der Waals surface area (Å²) in [5.41, 5.74) is 0. The maximum atomic E-state index is 12.4. The van der Waals surface area contributed by atoms with Gasteiger partial charge < -0.3 is 5.11 Å². The topological polar surface area (TPSA) is 83.5 Å². The second kappa shape index (κ2) is 6.43. The Bertz CT molecular complexity index is 614. The fraction of sp³-hybridized carbons (Fsp3) is 0.545. The summed E-state index contributed by atoms with van der Waals surface area (Å²) in [6.07, 6.45) is 2.73. The molecule has 1 aliphatic carbocycles. The number of hydrogen-bond donors (Lipinski definition) is 2. The maximum absolute atomic E-state index is 12.4. The van der Waals surface area contributed by atoms with Gasteiger partial charge in [-0.2, -0.15) is 0 Å². The van der Waals surface area contributed by atoms with Crippen molar-refractivity contribution in [3.63, 3.8) is 0 Å². The molecule has 0 aliphatic heterocycles. The Morgan fingerprint density at radius 3 is 2.55 bits per heavy atom. The van der Waals surface area contributed by atoms with Gasteiger partial charge in [-0.15, -0.1) is 11.3 Å². The molecule has 2 N–H and O–H groups in total. The van der Waals surface area contributed by atoms with Crippen molar-refractivity contribution in [2.24, 2.45) is 5.92 Å². The van der Waals surface area contributed by atoms with Crippen LogP contribution in [0.1, 0.15) is 25.7 Å². The number of nitrogens with one attached hydrogen (secondary N) is 1. The SMILES string of the molecule is O=C(O)C1CCCCC1NS(=O)(=O)c1cc(Br)sc1Br. The highest BCUT2D eigenvalue weighted by Crippen LogP contribution is 2.35. The van der Waals surface area contributed by atoms with Crippen LogP contribution >= 0.6 is 43.2 Å². The average Bonchev–Trinajstić information content (AvgIpc) is 2.69. The molecule has 2 unspecified atom stereocenters. The lowest BCUT2D eigenvalue weighted by Gasteiger charge is -2.28. The fourth-order valence-corrected chi connectivity index (χ4v) is 7.46. The van der Waals surface area contributed by atoms with Crippen molar-refractivity contribution in [2.75, 3.05) is 0 Å². The summed E-state index contributed by atoms with van der Waals surface area (Å²) in [5, 5.41) is 9.19. The average molecular weight is 447 g/mol. The maximum Gasteiger partial charge on any atom is 0.308 e. The highest BCUT2D eigenvalue weighted by Gasteiger charge is 2.34. The van der Waals surface area contributed by atoms with Crippen LogP contribution in [0.15, 0.2) is 18.5 Å². The van der Waals surface area contributed by atoms with Crippen LogP contribution in [-0.2, 0) is 14.8 Å². The third-order valence-corrected chi connectivity index (χ3v) is 7.55. The first-order valence-corrected chi connectivity index (χ1v) is 9.90.